The van der Waals surface area contributed by atoms with Crippen LogP contribution in [-0.4, -0.2) is 24.6 Å². The molecule has 0 bridgehead atoms. The molecule has 0 radical (unpaired) electrons. The Morgan fingerprint density at radius 2 is 1.89 bits per heavy atom. The Bertz CT molecular complexity index is 380. The van der Waals surface area contributed by atoms with Gasteiger partial charge in [0.25, 0.3) is 5.91 Å². The molecule has 0 atom stereocenters. The van der Waals surface area contributed by atoms with Crippen LogP contribution in [0.15, 0.2) is 24.3 Å². The van der Waals surface area contributed by atoms with E-state index in [0.717, 1.165) is 12.2 Å². The number of nitrogens with one attached hydrogen (secondary N) is 1. The highest BCUT2D eigenvalue weighted by Crippen LogP contribution is 2.18. The molecular weight excluding hydrogens is 228 g/mol. The molecule has 18 heavy (non-hydrogen) atoms. The van der Waals surface area contributed by atoms with Gasteiger partial charge in [-0.3, -0.25) is 4.79 Å². The summed E-state index contributed by atoms with van der Waals surface area (Å²) >= 11 is 0. The smallest absolute Gasteiger partial charge is 0.251 e. The van der Waals surface area contributed by atoms with Crippen molar-refractivity contribution < 1.29 is 9.53 Å². The van der Waals surface area contributed by atoms with Crippen molar-refractivity contribution in [3.05, 3.63) is 29.8 Å². The van der Waals surface area contributed by atoms with Gasteiger partial charge in [-0.1, -0.05) is 0 Å². The summed E-state index contributed by atoms with van der Waals surface area (Å²) in [6.45, 7) is 7.15. The maximum Gasteiger partial charge on any atom is 0.251 e. The van der Waals surface area contributed by atoms with Crippen LogP contribution in [0.25, 0.3) is 0 Å². The molecule has 1 rings (SSSR count). The Labute approximate surface area is 109 Å². The maximum atomic E-state index is 11.7. The molecule has 0 unspecified atom stereocenters. The molecule has 0 aliphatic rings. The molecule has 1 aromatic carbocycles. The van der Waals surface area contributed by atoms with E-state index < -0.39 is 0 Å². The van der Waals surface area contributed by atoms with Crippen LogP contribution >= 0.6 is 0 Å². The average Bonchev–Trinajstić information content (AvgIpc) is 2.28. The predicted molar refractivity (Wildman–Crippen MR) is 72.8 cm³/mol. The third-order valence-electron chi connectivity index (χ3n) is 2.21. The van der Waals surface area contributed by atoms with Gasteiger partial charge >= 0.3 is 0 Å². The van der Waals surface area contributed by atoms with Gasteiger partial charge < -0.3 is 15.8 Å². The third-order valence-corrected chi connectivity index (χ3v) is 2.21. The molecule has 0 saturated carbocycles. The molecule has 0 fully saturated rings. The molecule has 4 heteroatoms. The summed E-state index contributed by atoms with van der Waals surface area (Å²) in [7, 11) is 0. The highest BCUT2D eigenvalue weighted by molar-refractivity contribution is 5.94. The van der Waals surface area contributed by atoms with E-state index in [9.17, 15) is 4.79 Å². The standard InChI is InChI=1S/C14H22N2O2/c1-14(2,3)18-12-7-5-11(6-8-12)13(17)16-10-4-9-15/h5-8H,4,9-10,15H2,1-3H3,(H,16,17). The van der Waals surface area contributed by atoms with Gasteiger partial charge in [0.1, 0.15) is 11.4 Å². The number of carbonyl (C=O) groups is 1. The second kappa shape index (κ2) is 6.40. The lowest BCUT2D eigenvalue weighted by atomic mass is 10.1. The third kappa shape index (κ3) is 5.19. The van der Waals surface area contributed by atoms with Crippen LogP contribution in [-0.2, 0) is 0 Å². The average molecular weight is 250 g/mol. The Balaban J connectivity index is 2.57. The molecule has 3 N–H and O–H groups in total. The van der Waals surface area contributed by atoms with Gasteiger partial charge in [-0.15, -0.1) is 0 Å². The van der Waals surface area contributed by atoms with E-state index in [4.69, 9.17) is 10.5 Å². The van der Waals surface area contributed by atoms with Crippen LogP contribution in [0.5, 0.6) is 5.75 Å². The fourth-order valence-corrected chi connectivity index (χ4v) is 1.43. The molecule has 0 heterocycles. The fraction of sp³-hybridized carbons (Fsp3) is 0.500. The zero-order valence-corrected chi connectivity index (χ0v) is 11.3. The number of hydrogen-bond donors (Lipinski definition) is 2. The minimum absolute atomic E-state index is 0.0780. The van der Waals surface area contributed by atoms with Gasteiger partial charge in [0, 0.05) is 12.1 Å². The van der Waals surface area contributed by atoms with Gasteiger partial charge in [0.05, 0.1) is 0 Å². The molecule has 1 amide bonds. The summed E-state index contributed by atoms with van der Waals surface area (Å²) in [6, 6.07) is 7.14. The van der Waals surface area contributed by atoms with Gasteiger partial charge in [-0.2, -0.15) is 0 Å². The SMILES string of the molecule is CC(C)(C)Oc1ccc(C(=O)NCCCN)cc1. The van der Waals surface area contributed by atoms with E-state index in [-0.39, 0.29) is 11.5 Å². The van der Waals surface area contributed by atoms with E-state index in [0.29, 0.717) is 18.7 Å². The second-order valence-electron chi connectivity index (χ2n) is 5.14. The highest BCUT2D eigenvalue weighted by Gasteiger charge is 2.12. The van der Waals surface area contributed by atoms with Gasteiger partial charge in [-0.25, -0.2) is 0 Å². The summed E-state index contributed by atoms with van der Waals surface area (Å²) in [6.07, 6.45) is 0.789. The molecule has 0 saturated heterocycles. The van der Waals surface area contributed by atoms with Crippen LogP contribution in [0.2, 0.25) is 0 Å². The van der Waals surface area contributed by atoms with E-state index in [2.05, 4.69) is 5.32 Å². The number of carbonyl (C=O) groups excluding carboxylic acids is 1. The summed E-state index contributed by atoms with van der Waals surface area (Å²) in [5.74, 6) is 0.687. The topological polar surface area (TPSA) is 64.3 Å². The van der Waals surface area contributed by atoms with Crippen molar-refractivity contribution in [1.82, 2.24) is 5.32 Å². The summed E-state index contributed by atoms with van der Waals surface area (Å²) in [5.41, 5.74) is 5.77. The monoisotopic (exact) mass is 250 g/mol. The highest BCUT2D eigenvalue weighted by atomic mass is 16.5. The first-order valence-corrected chi connectivity index (χ1v) is 6.20. The van der Waals surface area contributed by atoms with Crippen LogP contribution in [0, 0.1) is 0 Å². The lowest BCUT2D eigenvalue weighted by molar-refractivity contribution is 0.0953. The fourth-order valence-electron chi connectivity index (χ4n) is 1.43. The first-order chi connectivity index (χ1) is 8.42. The number of benzene rings is 1. The number of nitrogens with two attached hydrogens (primary N) is 1. The minimum atomic E-state index is -0.231. The zero-order chi connectivity index (χ0) is 13.6. The van der Waals surface area contributed by atoms with Crippen LogP contribution in [0.3, 0.4) is 0 Å². The van der Waals surface area contributed by atoms with Crippen molar-refractivity contribution in [2.24, 2.45) is 5.73 Å². The van der Waals surface area contributed by atoms with Crippen molar-refractivity contribution >= 4 is 5.91 Å². The second-order valence-corrected chi connectivity index (χ2v) is 5.14. The Morgan fingerprint density at radius 3 is 2.39 bits per heavy atom. The number of hydrogen-bond acceptors (Lipinski definition) is 3. The van der Waals surface area contributed by atoms with E-state index in [1.54, 1.807) is 12.1 Å². The Hall–Kier alpha value is -1.55. The van der Waals surface area contributed by atoms with E-state index in [1.807, 2.05) is 32.9 Å². The van der Waals surface area contributed by atoms with Crippen molar-refractivity contribution in [2.45, 2.75) is 32.8 Å². The number of amides is 1. The molecule has 0 aliphatic carbocycles. The van der Waals surface area contributed by atoms with Crippen LogP contribution < -0.4 is 15.8 Å². The van der Waals surface area contributed by atoms with E-state index >= 15 is 0 Å². The Kier molecular flexibility index (Phi) is 5.16. The maximum absolute atomic E-state index is 11.7. The van der Waals surface area contributed by atoms with Crippen molar-refractivity contribution in [3.8, 4) is 5.75 Å². The van der Waals surface area contributed by atoms with Crippen LogP contribution in [0.4, 0.5) is 0 Å². The first-order valence-electron chi connectivity index (χ1n) is 6.20. The van der Waals surface area contributed by atoms with Crippen molar-refractivity contribution in [1.29, 1.82) is 0 Å². The van der Waals surface area contributed by atoms with Crippen LogP contribution in [0.1, 0.15) is 37.6 Å². The van der Waals surface area contributed by atoms with Gasteiger partial charge in [-0.05, 0) is 58.0 Å². The Morgan fingerprint density at radius 1 is 1.28 bits per heavy atom. The number of ether oxygens (including phenoxy) is 1. The zero-order valence-electron chi connectivity index (χ0n) is 11.3. The summed E-state index contributed by atoms with van der Waals surface area (Å²) < 4.78 is 5.69. The van der Waals surface area contributed by atoms with Gasteiger partial charge in [0.2, 0.25) is 0 Å². The van der Waals surface area contributed by atoms with Crippen molar-refractivity contribution in [2.75, 3.05) is 13.1 Å². The normalized spacial score (nSPS) is 11.1. The molecule has 4 nitrogen and oxygen atoms in total. The molecule has 1 aromatic rings. The molecule has 0 aliphatic heterocycles. The first kappa shape index (κ1) is 14.5. The number of rotatable bonds is 5. The van der Waals surface area contributed by atoms with E-state index in [1.165, 1.54) is 0 Å². The lowest BCUT2D eigenvalue weighted by Crippen LogP contribution is -2.26. The molecule has 0 aromatic heterocycles. The predicted octanol–water partition coefficient (Wildman–Crippen LogP) is 1.94. The summed E-state index contributed by atoms with van der Waals surface area (Å²) in [4.78, 5) is 11.7. The molecular formula is C14H22N2O2. The lowest BCUT2D eigenvalue weighted by Gasteiger charge is -2.21. The van der Waals surface area contributed by atoms with Gasteiger partial charge in [0.15, 0.2) is 0 Å². The van der Waals surface area contributed by atoms with Crippen molar-refractivity contribution in [3.63, 3.8) is 0 Å². The summed E-state index contributed by atoms with van der Waals surface area (Å²) in [5, 5.41) is 2.81. The minimum Gasteiger partial charge on any atom is -0.488 e. The molecule has 0 spiro atoms. The quantitative estimate of drug-likeness (QED) is 0.785. The largest absolute Gasteiger partial charge is 0.488 e. The molecule has 100 valence electrons.